The van der Waals surface area contributed by atoms with Gasteiger partial charge in [-0.1, -0.05) is 218 Å². The minimum Gasteiger partial charge on any atom is -0.207 e. The Balaban J connectivity index is 0.970. The Morgan fingerprint density at radius 3 is 0.918 bits per heavy atom. The lowest BCUT2D eigenvalue weighted by Gasteiger charge is -2.22. The van der Waals surface area contributed by atoms with Gasteiger partial charge >= 0.3 is 12.4 Å². The van der Waals surface area contributed by atoms with Crippen LogP contribution in [-0.2, 0) is 12.4 Å². The predicted octanol–water partition coefficient (Wildman–Crippen LogP) is 23.5. The van der Waals surface area contributed by atoms with Crippen molar-refractivity contribution in [2.45, 2.75) is 12.4 Å². The molecule has 0 nitrogen and oxygen atoms in total. The summed E-state index contributed by atoms with van der Waals surface area (Å²) < 4.78 is 103. The molecule has 2 aliphatic rings. The Morgan fingerprint density at radius 1 is 0.200 bits per heavy atom. The van der Waals surface area contributed by atoms with Crippen molar-refractivity contribution < 1.29 is 30.7 Å². The summed E-state index contributed by atoms with van der Waals surface area (Å²) >= 11 is 0. The fourth-order valence-electron chi connectivity index (χ4n) is 14.7. The highest BCUT2D eigenvalue weighted by atomic mass is 19.4. The molecule has 2 aliphatic carbocycles. The van der Waals surface area contributed by atoms with Crippen LogP contribution in [0.15, 0.2) is 249 Å². The van der Waals surface area contributed by atoms with E-state index in [1.165, 1.54) is 6.07 Å². The predicted molar refractivity (Wildman–Crippen MR) is 334 cm³/mol. The largest absolute Gasteiger partial charge is 0.416 e. The second-order valence-electron chi connectivity index (χ2n) is 22.4. The summed E-state index contributed by atoms with van der Waals surface area (Å²) in [4.78, 5) is 0. The molecule has 0 saturated carbocycles. The zero-order valence-electron chi connectivity index (χ0n) is 44.8. The maximum Gasteiger partial charge on any atom is 0.416 e. The number of halogens is 7. The molecular weight excluding hydrogens is 1070 g/mol. The number of hydrogen-bond donors (Lipinski definition) is 0. The van der Waals surface area contributed by atoms with Crippen molar-refractivity contribution in [3.05, 3.63) is 266 Å². The van der Waals surface area contributed by atoms with E-state index in [4.69, 9.17) is 0 Å². The smallest absolute Gasteiger partial charge is 0.207 e. The molecule has 7 heteroatoms. The first kappa shape index (κ1) is 49.3. The number of hydrogen-bond acceptors (Lipinski definition) is 0. The van der Waals surface area contributed by atoms with Crippen LogP contribution < -0.4 is 0 Å². The average Bonchev–Trinajstić information content (AvgIpc) is 1.57. The highest BCUT2D eigenvalue weighted by Crippen LogP contribution is 2.64. The maximum atomic E-state index is 15.2. The molecule has 17 rings (SSSR count). The lowest BCUT2D eigenvalue weighted by Crippen LogP contribution is -2.11. The number of alkyl halides is 6. The van der Waals surface area contributed by atoms with E-state index in [-0.39, 0.29) is 23.0 Å². The van der Waals surface area contributed by atoms with Crippen molar-refractivity contribution in [1.29, 1.82) is 0 Å². The van der Waals surface area contributed by atoms with Crippen molar-refractivity contribution >= 4 is 64.6 Å². The second kappa shape index (κ2) is 17.8. The van der Waals surface area contributed by atoms with Crippen molar-refractivity contribution in [1.82, 2.24) is 0 Å². The quantitative estimate of drug-likeness (QED) is 0.0884. The Bertz CT molecular complexity index is 5330. The maximum absolute atomic E-state index is 15.2. The number of fused-ring (bicyclic) bond motifs is 10. The lowest BCUT2D eigenvalue weighted by atomic mass is 9.80. The Kier molecular flexibility index (Phi) is 10.3. The Labute approximate surface area is 482 Å². The van der Waals surface area contributed by atoms with Gasteiger partial charge in [-0.05, 0) is 206 Å². The van der Waals surface area contributed by atoms with E-state index in [9.17, 15) is 26.3 Å². The Hall–Kier alpha value is -10.4. The second-order valence-corrected chi connectivity index (χ2v) is 22.4. The summed E-state index contributed by atoms with van der Waals surface area (Å²) in [6, 6.07) is 79.1. The standard InChI is InChI=1S/C78H41F7/c79-48-21-15-20-44(40-48)49-22-7-9-24-51(49)69-55-28-13-11-26-53(55)65(42-16-3-1-4-17-42)73-61-34-30-57-60-33-37-64-72-62(35-31-58(68(60)72)59-32-36-63(75(69)73)71(61)67(57)59)74-66(43-18-5-2-6-19-43)54-27-12-14-29-56(54)70(76(64)74)52-25-10-8-23-50(52)45-38-46(77(80,81)82)41-47(39-45)78(83,84)85/h1-41H. The molecule has 0 aromatic heterocycles. The molecule has 15 aromatic rings. The van der Waals surface area contributed by atoms with E-state index in [2.05, 4.69) is 133 Å². The molecule has 0 N–H and O–H groups in total. The van der Waals surface area contributed by atoms with Gasteiger partial charge in [-0.25, -0.2) is 4.39 Å². The lowest BCUT2D eigenvalue weighted by molar-refractivity contribution is -0.143. The van der Waals surface area contributed by atoms with Crippen LogP contribution in [-0.4, -0.2) is 0 Å². The van der Waals surface area contributed by atoms with Gasteiger partial charge in [-0.15, -0.1) is 0 Å². The zero-order chi connectivity index (χ0) is 57.2. The molecule has 0 atom stereocenters. The summed E-state index contributed by atoms with van der Waals surface area (Å²) in [5.41, 5.74) is 14.6. The summed E-state index contributed by atoms with van der Waals surface area (Å²) in [5.74, 6) is -0.307. The number of rotatable bonds is 6. The van der Waals surface area contributed by atoms with Gasteiger partial charge in [0, 0.05) is 0 Å². The molecule has 15 aromatic carbocycles. The highest BCUT2D eigenvalue weighted by Gasteiger charge is 2.39. The van der Waals surface area contributed by atoms with Gasteiger partial charge in [0.25, 0.3) is 0 Å². The van der Waals surface area contributed by atoms with Crippen molar-refractivity contribution in [2.75, 3.05) is 0 Å². The third kappa shape index (κ3) is 7.04. The van der Waals surface area contributed by atoms with Gasteiger partial charge in [0.2, 0.25) is 0 Å². The molecule has 85 heavy (non-hydrogen) atoms. The number of benzene rings is 15. The van der Waals surface area contributed by atoms with E-state index >= 15 is 4.39 Å². The first-order valence-electron chi connectivity index (χ1n) is 28.1. The van der Waals surface area contributed by atoms with Gasteiger partial charge in [-0.2, -0.15) is 26.3 Å². The van der Waals surface area contributed by atoms with Crippen LogP contribution in [0.2, 0.25) is 0 Å². The highest BCUT2D eigenvalue weighted by molar-refractivity contribution is 6.42. The van der Waals surface area contributed by atoms with Gasteiger partial charge < -0.3 is 0 Å². The molecule has 402 valence electrons. The third-order valence-electron chi connectivity index (χ3n) is 18.0. The van der Waals surface area contributed by atoms with Gasteiger partial charge in [0.15, 0.2) is 0 Å². The van der Waals surface area contributed by atoms with Crippen molar-refractivity contribution in [2.24, 2.45) is 0 Å². The van der Waals surface area contributed by atoms with Crippen LogP contribution in [0.4, 0.5) is 30.7 Å². The minimum atomic E-state index is -5.04. The summed E-state index contributed by atoms with van der Waals surface area (Å²) in [6.07, 6.45) is -10.1. The molecule has 0 aliphatic heterocycles. The first-order chi connectivity index (χ1) is 41.4. The fraction of sp³-hybridized carbons (Fsp3) is 0.0256. The molecular formula is C78H41F7. The Morgan fingerprint density at radius 2 is 0.529 bits per heavy atom. The molecule has 0 radical (unpaired) electrons. The van der Waals surface area contributed by atoms with Crippen molar-refractivity contribution in [3.63, 3.8) is 0 Å². The summed E-state index contributed by atoms with van der Waals surface area (Å²) in [6.45, 7) is 0. The monoisotopic (exact) mass is 1110 g/mol. The molecule has 0 amide bonds. The molecule has 0 bridgehead atoms. The third-order valence-corrected chi connectivity index (χ3v) is 18.0. The van der Waals surface area contributed by atoms with Crippen LogP contribution in [0.25, 0.3) is 176 Å². The molecule has 0 heterocycles. The van der Waals surface area contributed by atoms with Crippen LogP contribution >= 0.6 is 0 Å². The first-order valence-corrected chi connectivity index (χ1v) is 28.1. The van der Waals surface area contributed by atoms with Gasteiger partial charge in [0.05, 0.1) is 11.1 Å². The SMILES string of the molecule is Fc1cccc(-c2ccccc2-c2c3c(c(-c4ccccc4)c4ccccc24)-c2ccc4c5ccc6c7c(ccc(c8ccc-3c2c84)c75)-c2c-6c(-c3ccccc3-c3cc(C(F)(F)F)cc(C(F)(F)F)c3)c3ccccc3c2-c2ccccc2)c1. The van der Waals surface area contributed by atoms with Gasteiger partial charge in [0.1, 0.15) is 5.82 Å². The molecule has 0 spiro atoms. The van der Waals surface area contributed by atoms with E-state index in [0.29, 0.717) is 11.1 Å². The van der Waals surface area contributed by atoms with E-state index < -0.39 is 23.5 Å². The summed E-state index contributed by atoms with van der Waals surface area (Å²) in [5, 5.41) is 12.5. The fourth-order valence-corrected chi connectivity index (χ4v) is 14.7. The minimum absolute atomic E-state index is 0.186. The molecule has 0 unspecified atom stereocenters. The van der Waals surface area contributed by atoms with E-state index in [0.717, 1.165) is 166 Å². The summed E-state index contributed by atoms with van der Waals surface area (Å²) in [7, 11) is 0. The van der Waals surface area contributed by atoms with Crippen LogP contribution in [0.1, 0.15) is 11.1 Å². The van der Waals surface area contributed by atoms with Crippen LogP contribution in [0, 0.1) is 5.82 Å². The molecule has 0 saturated heterocycles. The zero-order valence-corrected chi connectivity index (χ0v) is 44.8. The van der Waals surface area contributed by atoms with E-state index in [1.807, 2.05) is 60.7 Å². The normalized spacial score (nSPS) is 12.6. The molecule has 0 fully saturated rings. The average molecular weight is 1110 g/mol. The van der Waals surface area contributed by atoms with Crippen molar-refractivity contribution in [3.8, 4) is 111 Å². The topological polar surface area (TPSA) is 0 Å². The van der Waals surface area contributed by atoms with Crippen LogP contribution in [0.5, 0.6) is 0 Å². The van der Waals surface area contributed by atoms with E-state index in [1.54, 1.807) is 30.3 Å². The van der Waals surface area contributed by atoms with Gasteiger partial charge in [-0.3, -0.25) is 0 Å². The van der Waals surface area contributed by atoms with Crippen LogP contribution in [0.3, 0.4) is 0 Å².